The number of benzene rings is 1. The summed E-state index contributed by atoms with van der Waals surface area (Å²) >= 11 is 0. The van der Waals surface area contributed by atoms with Gasteiger partial charge in [0.05, 0.1) is 17.4 Å². The van der Waals surface area contributed by atoms with Gasteiger partial charge in [-0.1, -0.05) is 24.3 Å². The van der Waals surface area contributed by atoms with E-state index in [-0.39, 0.29) is 0 Å². The van der Waals surface area contributed by atoms with Crippen molar-refractivity contribution in [1.29, 1.82) is 5.26 Å². The minimum absolute atomic E-state index is 0.654. The monoisotopic (exact) mass is 237 g/mol. The van der Waals surface area contributed by atoms with Crippen molar-refractivity contribution in [1.82, 2.24) is 4.98 Å². The SMILES string of the molecule is Cc1ccccc1CN(C)c1cnccc1C#N. The van der Waals surface area contributed by atoms with E-state index in [2.05, 4.69) is 30.1 Å². The van der Waals surface area contributed by atoms with Crippen molar-refractivity contribution in [2.75, 3.05) is 11.9 Å². The first-order valence-corrected chi connectivity index (χ1v) is 5.82. The summed E-state index contributed by atoms with van der Waals surface area (Å²) in [5.74, 6) is 0. The number of hydrogen-bond acceptors (Lipinski definition) is 3. The topological polar surface area (TPSA) is 39.9 Å². The van der Waals surface area contributed by atoms with Crippen LogP contribution in [0, 0.1) is 18.3 Å². The molecule has 0 aliphatic carbocycles. The molecular formula is C15H15N3. The Morgan fingerprint density at radius 3 is 2.78 bits per heavy atom. The van der Waals surface area contributed by atoms with E-state index in [4.69, 9.17) is 5.26 Å². The predicted molar refractivity (Wildman–Crippen MR) is 72.2 cm³/mol. The maximum absolute atomic E-state index is 9.08. The number of aromatic nitrogens is 1. The van der Waals surface area contributed by atoms with E-state index in [9.17, 15) is 0 Å². The van der Waals surface area contributed by atoms with Crippen molar-refractivity contribution in [3.8, 4) is 6.07 Å². The van der Waals surface area contributed by atoms with Gasteiger partial charge in [0.2, 0.25) is 0 Å². The van der Waals surface area contributed by atoms with Crippen molar-refractivity contribution in [2.24, 2.45) is 0 Å². The fourth-order valence-electron chi connectivity index (χ4n) is 1.91. The lowest BCUT2D eigenvalue weighted by molar-refractivity contribution is 0.907. The third-order valence-electron chi connectivity index (χ3n) is 3.00. The van der Waals surface area contributed by atoms with E-state index < -0.39 is 0 Å². The Balaban J connectivity index is 2.26. The Morgan fingerprint density at radius 2 is 2.06 bits per heavy atom. The Bertz CT molecular complexity index is 584. The molecule has 0 spiro atoms. The Labute approximate surface area is 107 Å². The highest BCUT2D eigenvalue weighted by Gasteiger charge is 2.08. The van der Waals surface area contributed by atoms with Crippen molar-refractivity contribution >= 4 is 5.69 Å². The number of anilines is 1. The van der Waals surface area contributed by atoms with E-state index in [1.54, 1.807) is 18.5 Å². The fourth-order valence-corrected chi connectivity index (χ4v) is 1.91. The van der Waals surface area contributed by atoms with Crippen LogP contribution in [0.15, 0.2) is 42.7 Å². The minimum atomic E-state index is 0.654. The summed E-state index contributed by atoms with van der Waals surface area (Å²) in [5.41, 5.74) is 4.03. The lowest BCUT2D eigenvalue weighted by Crippen LogP contribution is -2.18. The molecule has 3 nitrogen and oxygen atoms in total. The molecule has 0 atom stereocenters. The predicted octanol–water partition coefficient (Wildman–Crippen LogP) is 2.90. The average Bonchev–Trinajstić information content (AvgIpc) is 2.41. The van der Waals surface area contributed by atoms with Crippen molar-refractivity contribution in [2.45, 2.75) is 13.5 Å². The van der Waals surface area contributed by atoms with Crippen LogP contribution in [-0.2, 0) is 6.54 Å². The highest BCUT2D eigenvalue weighted by molar-refractivity contribution is 5.57. The second kappa shape index (κ2) is 5.33. The van der Waals surface area contributed by atoms with Gasteiger partial charge in [0, 0.05) is 19.8 Å². The van der Waals surface area contributed by atoms with Crippen LogP contribution in [0.2, 0.25) is 0 Å². The van der Waals surface area contributed by atoms with Gasteiger partial charge in [-0.15, -0.1) is 0 Å². The highest BCUT2D eigenvalue weighted by atomic mass is 15.1. The van der Waals surface area contributed by atoms with E-state index in [1.165, 1.54) is 11.1 Å². The molecule has 90 valence electrons. The third kappa shape index (κ3) is 2.49. The first-order valence-electron chi connectivity index (χ1n) is 5.82. The molecule has 2 rings (SSSR count). The van der Waals surface area contributed by atoms with Crippen LogP contribution >= 0.6 is 0 Å². The number of aryl methyl sites for hydroxylation is 1. The number of pyridine rings is 1. The molecule has 0 radical (unpaired) electrons. The largest absolute Gasteiger partial charge is 0.368 e. The molecule has 1 aromatic heterocycles. The molecule has 0 aliphatic heterocycles. The summed E-state index contributed by atoms with van der Waals surface area (Å²) in [5, 5.41) is 9.08. The average molecular weight is 237 g/mol. The maximum Gasteiger partial charge on any atom is 0.101 e. The highest BCUT2D eigenvalue weighted by Crippen LogP contribution is 2.20. The Hall–Kier alpha value is -2.34. The summed E-state index contributed by atoms with van der Waals surface area (Å²) in [4.78, 5) is 6.14. The molecule has 0 N–H and O–H groups in total. The number of nitriles is 1. The molecule has 0 saturated carbocycles. The smallest absolute Gasteiger partial charge is 0.101 e. The van der Waals surface area contributed by atoms with Crippen LogP contribution in [0.5, 0.6) is 0 Å². The normalized spacial score (nSPS) is 9.83. The lowest BCUT2D eigenvalue weighted by atomic mass is 10.1. The molecule has 0 saturated heterocycles. The van der Waals surface area contributed by atoms with Crippen molar-refractivity contribution in [3.05, 3.63) is 59.4 Å². The van der Waals surface area contributed by atoms with Gasteiger partial charge in [-0.25, -0.2) is 0 Å². The van der Waals surface area contributed by atoms with Gasteiger partial charge in [-0.2, -0.15) is 5.26 Å². The van der Waals surface area contributed by atoms with Crippen LogP contribution in [0.3, 0.4) is 0 Å². The minimum Gasteiger partial charge on any atom is -0.368 e. The molecule has 3 heteroatoms. The van der Waals surface area contributed by atoms with Crippen LogP contribution < -0.4 is 4.90 Å². The fraction of sp³-hybridized carbons (Fsp3) is 0.200. The molecule has 0 amide bonds. The van der Waals surface area contributed by atoms with Gasteiger partial charge >= 0.3 is 0 Å². The summed E-state index contributed by atoms with van der Waals surface area (Å²) < 4.78 is 0. The van der Waals surface area contributed by atoms with Gasteiger partial charge in [0.25, 0.3) is 0 Å². The number of rotatable bonds is 3. The molecule has 0 fully saturated rings. The summed E-state index contributed by atoms with van der Waals surface area (Å²) in [6.45, 7) is 2.87. The molecular weight excluding hydrogens is 222 g/mol. The van der Waals surface area contributed by atoms with E-state index in [0.29, 0.717) is 5.56 Å². The van der Waals surface area contributed by atoms with E-state index >= 15 is 0 Å². The first kappa shape index (κ1) is 12.1. The zero-order chi connectivity index (χ0) is 13.0. The van der Waals surface area contributed by atoms with E-state index in [0.717, 1.165) is 12.2 Å². The van der Waals surface area contributed by atoms with Gasteiger partial charge in [0.15, 0.2) is 0 Å². The molecule has 1 heterocycles. The van der Waals surface area contributed by atoms with Crippen LogP contribution in [0.4, 0.5) is 5.69 Å². The van der Waals surface area contributed by atoms with Gasteiger partial charge in [-0.05, 0) is 24.1 Å². The zero-order valence-corrected chi connectivity index (χ0v) is 10.6. The molecule has 0 aliphatic rings. The van der Waals surface area contributed by atoms with Crippen molar-refractivity contribution in [3.63, 3.8) is 0 Å². The quantitative estimate of drug-likeness (QED) is 0.824. The van der Waals surface area contributed by atoms with Crippen LogP contribution in [0.25, 0.3) is 0 Å². The molecule has 0 unspecified atom stereocenters. The molecule has 2 aromatic rings. The van der Waals surface area contributed by atoms with Gasteiger partial charge in [0.1, 0.15) is 6.07 Å². The second-order valence-electron chi connectivity index (χ2n) is 4.29. The van der Waals surface area contributed by atoms with Crippen LogP contribution in [0.1, 0.15) is 16.7 Å². The lowest BCUT2D eigenvalue weighted by Gasteiger charge is -2.21. The summed E-state index contributed by atoms with van der Waals surface area (Å²) in [6, 6.07) is 12.2. The summed E-state index contributed by atoms with van der Waals surface area (Å²) in [7, 11) is 1.98. The zero-order valence-electron chi connectivity index (χ0n) is 10.6. The molecule has 0 bridgehead atoms. The third-order valence-corrected chi connectivity index (χ3v) is 3.00. The van der Waals surface area contributed by atoms with Gasteiger partial charge in [-0.3, -0.25) is 4.98 Å². The first-order chi connectivity index (χ1) is 8.72. The van der Waals surface area contributed by atoms with Crippen LogP contribution in [-0.4, -0.2) is 12.0 Å². The molecule has 1 aromatic carbocycles. The maximum atomic E-state index is 9.08. The number of hydrogen-bond donors (Lipinski definition) is 0. The summed E-state index contributed by atoms with van der Waals surface area (Å²) in [6.07, 6.45) is 3.38. The Kier molecular flexibility index (Phi) is 3.59. The van der Waals surface area contributed by atoms with Gasteiger partial charge < -0.3 is 4.90 Å². The number of nitrogens with zero attached hydrogens (tertiary/aromatic N) is 3. The Morgan fingerprint density at radius 1 is 1.28 bits per heavy atom. The molecule has 18 heavy (non-hydrogen) atoms. The van der Waals surface area contributed by atoms with Crippen molar-refractivity contribution < 1.29 is 0 Å². The van der Waals surface area contributed by atoms with E-state index in [1.807, 2.05) is 24.1 Å². The second-order valence-corrected chi connectivity index (χ2v) is 4.29. The standard InChI is InChI=1S/C15H15N3/c1-12-5-3-4-6-14(12)11-18(2)15-10-17-8-7-13(15)9-16/h3-8,10H,11H2,1-2H3.